The van der Waals surface area contributed by atoms with E-state index in [0.29, 0.717) is 0 Å². The van der Waals surface area contributed by atoms with Gasteiger partial charge in [0.25, 0.3) is 0 Å². The van der Waals surface area contributed by atoms with Crippen LogP contribution < -0.4 is 10.4 Å². The van der Waals surface area contributed by atoms with Crippen LogP contribution in [0, 0.1) is 35.0 Å². The molecule has 0 aromatic carbocycles. The Balaban J connectivity index is 0.000000212. The smallest absolute Gasteiger partial charge is 0.351 e. The van der Waals surface area contributed by atoms with Gasteiger partial charge in [0, 0.05) is 5.92 Å². The number of carbonyl (C=O) groups excluding carboxylic acids is 1. The third kappa shape index (κ3) is 3.15. The third-order valence-corrected chi connectivity index (χ3v) is 5.36. The highest BCUT2D eigenvalue weighted by Crippen LogP contribution is 2.72. The number of carboxylic acids is 2. The van der Waals surface area contributed by atoms with E-state index in [1.54, 1.807) is 11.8 Å². The van der Waals surface area contributed by atoms with Gasteiger partial charge in [0.05, 0.1) is 12.3 Å². The van der Waals surface area contributed by atoms with E-state index in [0.717, 1.165) is 41.2 Å². The van der Waals surface area contributed by atoms with Crippen molar-refractivity contribution in [3.8, 4) is 0 Å². The number of rotatable bonds is 4. The number of nitrogens with two attached hydrogens (primary N) is 1. The van der Waals surface area contributed by atoms with Crippen molar-refractivity contribution in [1.82, 2.24) is 0 Å². The quantitative estimate of drug-likeness (QED) is 0.336. The van der Waals surface area contributed by atoms with Crippen LogP contribution in [0.2, 0.25) is 0 Å². The third-order valence-electron chi connectivity index (χ3n) is 4.76. The Hall–Kier alpha value is -1.08. The zero-order valence-corrected chi connectivity index (χ0v) is 12.2. The van der Waals surface area contributed by atoms with E-state index in [2.05, 4.69) is 11.6 Å². The largest absolute Gasteiger partial charge is 0.539 e. The van der Waals surface area contributed by atoms with Crippen LogP contribution in [-0.4, -0.2) is 41.4 Å². The Morgan fingerprint density at radius 1 is 1.40 bits per heavy atom. The first-order valence-corrected chi connectivity index (χ1v) is 8.19. The summed E-state index contributed by atoms with van der Waals surface area (Å²) in [6.07, 6.45) is 5.14. The van der Waals surface area contributed by atoms with Gasteiger partial charge < -0.3 is 20.3 Å². The number of aliphatic carboxylic acids is 2. The summed E-state index contributed by atoms with van der Waals surface area (Å²) < 4.78 is 0. The van der Waals surface area contributed by atoms with Crippen LogP contribution in [0.4, 0.5) is 0 Å². The summed E-state index contributed by atoms with van der Waals surface area (Å²) in [5.41, 5.74) is 0. The average Bonchev–Trinajstić information content (AvgIpc) is 2.75. The number of quaternary nitrogens is 1. The number of carbonyl (C=O) groups is 2. The Morgan fingerprint density at radius 2 is 1.95 bits per heavy atom. The van der Waals surface area contributed by atoms with Crippen LogP contribution in [0.1, 0.15) is 12.8 Å². The molecule has 4 rings (SSSR count). The number of carboxylic acid groups (broad SMARTS) is 2. The molecule has 112 valence electrons. The Morgan fingerprint density at radius 3 is 2.30 bits per heavy atom. The van der Waals surface area contributed by atoms with Gasteiger partial charge in [0.15, 0.2) is 5.97 Å². The maximum Gasteiger partial charge on any atom is 0.351 e. The van der Waals surface area contributed by atoms with Crippen molar-refractivity contribution >= 4 is 29.5 Å². The molecule has 0 saturated heterocycles. The first kappa shape index (κ1) is 15.3. The fourth-order valence-electron chi connectivity index (χ4n) is 4.08. The summed E-state index contributed by atoms with van der Waals surface area (Å²) in [6.45, 7) is 1.21. The maximum absolute atomic E-state index is 9.04. The molecule has 0 heterocycles. The van der Waals surface area contributed by atoms with E-state index in [1.807, 2.05) is 0 Å². The van der Waals surface area contributed by atoms with Gasteiger partial charge in [0.1, 0.15) is 0 Å². The van der Waals surface area contributed by atoms with E-state index in [-0.39, 0.29) is 0 Å². The van der Waals surface area contributed by atoms with Crippen molar-refractivity contribution in [2.24, 2.45) is 29.6 Å². The Labute approximate surface area is 121 Å². The van der Waals surface area contributed by atoms with E-state index >= 15 is 0 Å². The number of nitrogens with one attached hydrogen (secondary N) is 1. The van der Waals surface area contributed by atoms with Crippen LogP contribution in [0.25, 0.3) is 0 Å². The lowest BCUT2D eigenvalue weighted by Crippen LogP contribution is -2.89. The first-order chi connectivity index (χ1) is 9.45. The monoisotopic (exact) mass is 300 g/mol. The molecule has 6 nitrogen and oxygen atoms in total. The zero-order chi connectivity index (χ0) is 14.9. The summed E-state index contributed by atoms with van der Waals surface area (Å²) in [6, 6.07) is 0. The molecule has 20 heavy (non-hydrogen) atoms. The number of amidine groups is 1. The normalized spacial score (nSPS) is 35.1. The Bertz CT molecular complexity index is 403. The first-order valence-electron chi connectivity index (χ1n) is 6.79. The van der Waals surface area contributed by atoms with Crippen molar-refractivity contribution in [1.29, 1.82) is 5.41 Å². The molecule has 4 N–H and O–H groups in total. The minimum absolute atomic E-state index is 0.846. The van der Waals surface area contributed by atoms with Crippen LogP contribution in [-0.2, 0) is 9.59 Å². The minimum Gasteiger partial charge on any atom is -0.539 e. The van der Waals surface area contributed by atoms with E-state index in [4.69, 9.17) is 25.2 Å². The molecule has 0 spiro atoms. The van der Waals surface area contributed by atoms with Gasteiger partial charge in [-0.1, -0.05) is 0 Å². The molecule has 4 aliphatic carbocycles. The fourth-order valence-corrected chi connectivity index (χ4v) is 4.50. The van der Waals surface area contributed by atoms with Crippen LogP contribution in [0.15, 0.2) is 0 Å². The molecule has 0 amide bonds. The highest BCUT2D eigenvalue weighted by atomic mass is 32.2. The highest BCUT2D eigenvalue weighted by molar-refractivity contribution is 7.99. The fraction of sp³-hybridized carbons (Fsp3) is 0.769. The van der Waals surface area contributed by atoms with E-state index in [9.17, 15) is 0 Å². The van der Waals surface area contributed by atoms with E-state index < -0.39 is 11.9 Å². The summed E-state index contributed by atoms with van der Waals surface area (Å²) in [5.74, 6) is 3.12. The van der Waals surface area contributed by atoms with Crippen molar-refractivity contribution in [2.45, 2.75) is 12.8 Å². The molecular weight excluding hydrogens is 280 g/mol. The molecule has 4 bridgehead atoms. The second-order valence-corrected chi connectivity index (χ2v) is 6.66. The number of thioether (sulfide) groups is 1. The highest BCUT2D eigenvalue weighted by Gasteiger charge is 2.68. The number of hydrogen-bond acceptors (Lipinski definition) is 5. The van der Waals surface area contributed by atoms with Gasteiger partial charge in [0.2, 0.25) is 5.84 Å². The molecular formula is C13H20N2O4S. The van der Waals surface area contributed by atoms with E-state index in [1.165, 1.54) is 19.4 Å². The lowest BCUT2D eigenvalue weighted by molar-refractivity contribution is -0.550. The van der Waals surface area contributed by atoms with Gasteiger partial charge in [-0.25, -0.2) is 4.79 Å². The molecule has 4 aliphatic rings. The maximum atomic E-state index is 9.04. The predicted octanol–water partition coefficient (Wildman–Crippen LogP) is -1.39. The van der Waals surface area contributed by atoms with Gasteiger partial charge in [-0.2, -0.15) is 11.8 Å². The number of hydrogen-bond donors (Lipinski definition) is 3. The van der Waals surface area contributed by atoms with Gasteiger partial charge in [-0.05, 0) is 42.8 Å². The van der Waals surface area contributed by atoms with Crippen LogP contribution >= 0.6 is 11.8 Å². The van der Waals surface area contributed by atoms with Crippen molar-refractivity contribution in [2.75, 3.05) is 18.6 Å². The second kappa shape index (κ2) is 6.13. The molecule has 0 aromatic heterocycles. The zero-order valence-electron chi connectivity index (χ0n) is 11.4. The molecule has 7 heteroatoms. The topological polar surface area (TPSA) is 118 Å². The minimum atomic E-state index is -2.07. The standard InChI is InChI=1S/C11H18N2S.C2H2O4/c1-14-5-10(12)13-4-9-6-2-7-8(3-6)11(7)9;3-1(4)2(5)6/h6-9,11H,2-5H2,1H3,(H2,12,13);(H,3,4)(H,5,6). The second-order valence-electron chi connectivity index (χ2n) is 5.79. The molecule has 0 aromatic rings. The molecule has 4 fully saturated rings. The molecule has 3 atom stereocenters. The molecule has 0 aliphatic heterocycles. The lowest BCUT2D eigenvalue weighted by Gasteiger charge is -2.12. The summed E-state index contributed by atoms with van der Waals surface area (Å²) in [7, 11) is 0. The van der Waals surface area contributed by atoms with Gasteiger partial charge in [-0.15, -0.1) is 0 Å². The SMILES string of the molecule is CSCC(=N)[NH2+]CC1C2CC3C(C2)C13.O=C([O-])C(=O)O. The summed E-state index contributed by atoms with van der Waals surface area (Å²) in [5, 5.41) is 26.2. The van der Waals surface area contributed by atoms with Crippen molar-refractivity contribution in [3.63, 3.8) is 0 Å². The van der Waals surface area contributed by atoms with Crippen molar-refractivity contribution < 1.29 is 25.1 Å². The van der Waals surface area contributed by atoms with Crippen LogP contribution in [0.5, 0.6) is 0 Å². The lowest BCUT2D eigenvalue weighted by atomic mass is 9.98. The predicted molar refractivity (Wildman–Crippen MR) is 72.2 cm³/mol. The molecule has 0 radical (unpaired) electrons. The summed E-state index contributed by atoms with van der Waals surface area (Å²) in [4.78, 5) is 18.0. The van der Waals surface area contributed by atoms with Gasteiger partial charge >= 0.3 is 5.97 Å². The Kier molecular flexibility index (Phi) is 4.70. The van der Waals surface area contributed by atoms with Crippen LogP contribution in [0.3, 0.4) is 0 Å². The summed E-state index contributed by atoms with van der Waals surface area (Å²) >= 11 is 1.76. The van der Waals surface area contributed by atoms with Crippen molar-refractivity contribution in [3.05, 3.63) is 0 Å². The molecule has 3 unspecified atom stereocenters. The molecule has 4 saturated carbocycles. The van der Waals surface area contributed by atoms with Gasteiger partial charge in [-0.3, -0.25) is 5.41 Å². The average molecular weight is 300 g/mol.